The summed E-state index contributed by atoms with van der Waals surface area (Å²) in [5, 5.41) is 3.33. The van der Waals surface area contributed by atoms with Crippen molar-refractivity contribution >= 4 is 0 Å². The van der Waals surface area contributed by atoms with Gasteiger partial charge in [-0.2, -0.15) is 0 Å². The molecule has 0 aliphatic carbocycles. The van der Waals surface area contributed by atoms with Crippen molar-refractivity contribution < 1.29 is 4.74 Å². The van der Waals surface area contributed by atoms with Crippen molar-refractivity contribution in [3.63, 3.8) is 0 Å². The van der Waals surface area contributed by atoms with Crippen LogP contribution in [0.3, 0.4) is 0 Å². The molecule has 19 heavy (non-hydrogen) atoms. The normalized spacial score (nSPS) is 16.6. The molecule has 1 fully saturated rings. The van der Waals surface area contributed by atoms with Crippen molar-refractivity contribution in [2.45, 2.75) is 39.7 Å². The second-order valence-corrected chi connectivity index (χ2v) is 5.93. The number of rotatable bonds is 2. The zero-order valence-electron chi connectivity index (χ0n) is 12.0. The van der Waals surface area contributed by atoms with E-state index in [2.05, 4.69) is 42.9 Å². The average molecular weight is 258 g/mol. The number of nitrogens with zero attached hydrogens (tertiary/aromatic N) is 1. The highest BCUT2D eigenvalue weighted by atomic mass is 16.5. The quantitative estimate of drug-likeness (QED) is 0.828. The summed E-state index contributed by atoms with van der Waals surface area (Å²) in [5.41, 5.74) is 0.773. The maximum Gasteiger partial charge on any atom is 0.214 e. The fourth-order valence-corrected chi connectivity index (χ4v) is 1.89. The van der Waals surface area contributed by atoms with E-state index in [9.17, 15) is 0 Å². The van der Waals surface area contributed by atoms with Crippen molar-refractivity contribution in [1.82, 2.24) is 10.3 Å². The van der Waals surface area contributed by atoms with Crippen LogP contribution in [0.15, 0.2) is 18.2 Å². The molecule has 2 heterocycles. The molecule has 3 nitrogen and oxygen atoms in total. The van der Waals surface area contributed by atoms with Gasteiger partial charge in [0.25, 0.3) is 0 Å². The van der Waals surface area contributed by atoms with Crippen molar-refractivity contribution in [3.8, 4) is 17.7 Å². The summed E-state index contributed by atoms with van der Waals surface area (Å²) in [4.78, 5) is 4.45. The van der Waals surface area contributed by atoms with Gasteiger partial charge >= 0.3 is 0 Å². The van der Waals surface area contributed by atoms with Gasteiger partial charge in [0.1, 0.15) is 11.8 Å². The minimum atomic E-state index is -0.00637. The predicted molar refractivity (Wildman–Crippen MR) is 77.1 cm³/mol. The third-order valence-electron chi connectivity index (χ3n) is 2.86. The lowest BCUT2D eigenvalue weighted by Crippen LogP contribution is -2.34. The van der Waals surface area contributed by atoms with Crippen LogP contribution in [0.4, 0.5) is 0 Å². The van der Waals surface area contributed by atoms with Crippen LogP contribution >= 0.6 is 0 Å². The fraction of sp³-hybridized carbons (Fsp3) is 0.562. The monoisotopic (exact) mass is 258 g/mol. The standard InChI is InChI=1S/C16H22N2O/c1-16(2,3)10-7-13-5-4-6-15(18-13)19-14-8-11-17-12-9-14/h4-6,14,17H,8-9,11-12H2,1-3H3. The molecule has 0 atom stereocenters. The van der Waals surface area contributed by atoms with E-state index in [0.29, 0.717) is 5.88 Å². The largest absolute Gasteiger partial charge is 0.474 e. The van der Waals surface area contributed by atoms with Crippen LogP contribution < -0.4 is 10.1 Å². The first-order chi connectivity index (χ1) is 9.03. The van der Waals surface area contributed by atoms with Crippen molar-refractivity contribution in [1.29, 1.82) is 0 Å². The average Bonchev–Trinajstić information content (AvgIpc) is 2.37. The Kier molecular flexibility index (Phi) is 4.44. The Morgan fingerprint density at radius 2 is 2.00 bits per heavy atom. The number of hydrogen-bond donors (Lipinski definition) is 1. The second-order valence-electron chi connectivity index (χ2n) is 5.93. The van der Waals surface area contributed by atoms with E-state index in [1.165, 1.54) is 0 Å². The summed E-state index contributed by atoms with van der Waals surface area (Å²) in [6, 6.07) is 5.79. The third kappa shape index (κ3) is 4.92. The molecule has 0 aromatic carbocycles. The smallest absolute Gasteiger partial charge is 0.214 e. The molecule has 1 aliphatic rings. The summed E-state index contributed by atoms with van der Waals surface area (Å²) in [6.07, 6.45) is 2.36. The van der Waals surface area contributed by atoms with Gasteiger partial charge in [0, 0.05) is 11.5 Å². The molecule has 3 heteroatoms. The van der Waals surface area contributed by atoms with E-state index in [0.717, 1.165) is 31.6 Å². The second kappa shape index (κ2) is 6.08. The number of ether oxygens (including phenoxy) is 1. The molecular weight excluding hydrogens is 236 g/mol. The van der Waals surface area contributed by atoms with Gasteiger partial charge < -0.3 is 10.1 Å². The summed E-state index contributed by atoms with van der Waals surface area (Å²) in [7, 11) is 0. The van der Waals surface area contributed by atoms with Gasteiger partial charge in [-0.05, 0) is 58.7 Å². The van der Waals surface area contributed by atoms with Crippen LogP contribution in [-0.2, 0) is 0 Å². The maximum absolute atomic E-state index is 5.91. The van der Waals surface area contributed by atoms with Gasteiger partial charge in [0.05, 0.1) is 0 Å². The number of piperidine rings is 1. The van der Waals surface area contributed by atoms with Crippen LogP contribution in [0.1, 0.15) is 39.3 Å². The summed E-state index contributed by atoms with van der Waals surface area (Å²) < 4.78 is 5.91. The highest BCUT2D eigenvalue weighted by Crippen LogP contribution is 2.15. The molecule has 0 unspecified atom stereocenters. The van der Waals surface area contributed by atoms with Gasteiger partial charge in [0.2, 0.25) is 5.88 Å². The van der Waals surface area contributed by atoms with Gasteiger partial charge in [0.15, 0.2) is 0 Å². The summed E-state index contributed by atoms with van der Waals surface area (Å²) >= 11 is 0. The van der Waals surface area contributed by atoms with Crippen molar-refractivity contribution in [3.05, 3.63) is 23.9 Å². The Balaban J connectivity index is 2.03. The predicted octanol–water partition coefficient (Wildman–Crippen LogP) is 2.61. The highest BCUT2D eigenvalue weighted by Gasteiger charge is 2.14. The lowest BCUT2D eigenvalue weighted by molar-refractivity contribution is 0.156. The molecule has 0 saturated carbocycles. The van der Waals surface area contributed by atoms with Crippen LogP contribution in [0.2, 0.25) is 0 Å². The third-order valence-corrected chi connectivity index (χ3v) is 2.86. The molecule has 1 N–H and O–H groups in total. The maximum atomic E-state index is 5.91. The molecule has 1 aromatic rings. The number of hydrogen-bond acceptors (Lipinski definition) is 3. The number of aromatic nitrogens is 1. The summed E-state index contributed by atoms with van der Waals surface area (Å²) in [5.74, 6) is 6.99. The van der Waals surface area contributed by atoms with Crippen molar-refractivity contribution in [2.24, 2.45) is 5.41 Å². The molecule has 1 aliphatic heterocycles. The topological polar surface area (TPSA) is 34.1 Å². The van der Waals surface area contributed by atoms with Crippen LogP contribution in [0.25, 0.3) is 0 Å². The highest BCUT2D eigenvalue weighted by molar-refractivity contribution is 5.31. The van der Waals surface area contributed by atoms with E-state index in [1.807, 2.05) is 18.2 Å². The van der Waals surface area contributed by atoms with Crippen molar-refractivity contribution in [2.75, 3.05) is 13.1 Å². The molecule has 0 amide bonds. The Morgan fingerprint density at radius 3 is 2.68 bits per heavy atom. The minimum Gasteiger partial charge on any atom is -0.474 e. The van der Waals surface area contributed by atoms with E-state index in [1.54, 1.807) is 0 Å². The molecule has 102 valence electrons. The van der Waals surface area contributed by atoms with Crippen LogP contribution in [0.5, 0.6) is 5.88 Å². The summed E-state index contributed by atoms with van der Waals surface area (Å²) in [6.45, 7) is 8.32. The number of pyridine rings is 1. The molecule has 0 spiro atoms. The number of nitrogens with one attached hydrogen (secondary N) is 1. The van der Waals surface area contributed by atoms with E-state index in [-0.39, 0.29) is 11.5 Å². The zero-order chi connectivity index (χ0) is 13.7. The molecule has 1 saturated heterocycles. The zero-order valence-corrected chi connectivity index (χ0v) is 12.0. The van der Waals surface area contributed by atoms with Gasteiger partial charge in [-0.25, -0.2) is 4.98 Å². The molecule has 0 radical (unpaired) electrons. The van der Waals surface area contributed by atoms with E-state index >= 15 is 0 Å². The molecule has 0 bridgehead atoms. The van der Waals surface area contributed by atoms with Crippen LogP contribution in [0, 0.1) is 17.3 Å². The lowest BCUT2D eigenvalue weighted by Gasteiger charge is -2.23. The van der Waals surface area contributed by atoms with Gasteiger partial charge in [-0.3, -0.25) is 0 Å². The van der Waals surface area contributed by atoms with Gasteiger partial charge in [-0.1, -0.05) is 12.0 Å². The Morgan fingerprint density at radius 1 is 1.26 bits per heavy atom. The Labute approximate surface area is 115 Å². The molecule has 2 rings (SSSR count). The fourth-order valence-electron chi connectivity index (χ4n) is 1.89. The Bertz CT molecular complexity index is 474. The lowest BCUT2D eigenvalue weighted by atomic mass is 9.98. The first kappa shape index (κ1) is 13.9. The Hall–Kier alpha value is -1.53. The first-order valence-electron chi connectivity index (χ1n) is 6.90. The first-order valence-corrected chi connectivity index (χ1v) is 6.90. The van der Waals surface area contributed by atoms with E-state index < -0.39 is 0 Å². The van der Waals surface area contributed by atoms with Gasteiger partial charge in [-0.15, -0.1) is 0 Å². The molecular formula is C16H22N2O. The minimum absolute atomic E-state index is 0.00637. The molecule has 1 aromatic heterocycles. The van der Waals surface area contributed by atoms with Crippen LogP contribution in [-0.4, -0.2) is 24.2 Å². The SMILES string of the molecule is CC(C)(C)C#Cc1cccc(OC2CCNCC2)n1. The van der Waals surface area contributed by atoms with E-state index in [4.69, 9.17) is 4.74 Å².